The number of carbonyl (C=O) groups excluding carboxylic acids is 1. The Morgan fingerprint density at radius 2 is 2.16 bits per heavy atom. The lowest BCUT2D eigenvalue weighted by atomic mass is 10.1. The van der Waals surface area contributed by atoms with Gasteiger partial charge < -0.3 is 10.1 Å². The Kier molecular flexibility index (Phi) is 4.16. The summed E-state index contributed by atoms with van der Waals surface area (Å²) in [4.78, 5) is 12.5. The molecule has 1 heterocycles. The molecule has 0 fully saturated rings. The summed E-state index contributed by atoms with van der Waals surface area (Å²) >= 11 is 1.28. The molecule has 1 amide bonds. The van der Waals surface area contributed by atoms with Crippen molar-refractivity contribution in [3.8, 4) is 11.8 Å². The lowest BCUT2D eigenvalue weighted by Crippen LogP contribution is -2.26. The first kappa shape index (κ1) is 13.1. The first-order valence-electron chi connectivity index (χ1n) is 5.62. The van der Waals surface area contributed by atoms with E-state index >= 15 is 0 Å². The molecule has 4 nitrogen and oxygen atoms in total. The van der Waals surface area contributed by atoms with Crippen LogP contribution in [0.1, 0.15) is 21.3 Å². The zero-order valence-electron chi connectivity index (χ0n) is 10.3. The van der Waals surface area contributed by atoms with Crippen molar-refractivity contribution in [1.29, 1.82) is 5.26 Å². The van der Waals surface area contributed by atoms with Gasteiger partial charge in [0, 0.05) is 11.4 Å². The second-order valence-electron chi connectivity index (χ2n) is 3.80. The summed E-state index contributed by atoms with van der Waals surface area (Å²) < 4.78 is 5.03. The van der Waals surface area contributed by atoms with Gasteiger partial charge in [-0.2, -0.15) is 5.26 Å². The fourth-order valence-electron chi connectivity index (χ4n) is 1.58. The van der Waals surface area contributed by atoms with E-state index in [1.54, 1.807) is 18.6 Å². The standard InChI is InChI=1S/C14H12N2O2S/c1-18-11-7-13(19-9-11)14(17)16-12(8-15)10-5-3-2-4-6-10/h2-7,9,12H,1H3,(H,16,17). The minimum Gasteiger partial charge on any atom is -0.496 e. The SMILES string of the molecule is COc1csc(C(=O)NC(C#N)c2ccccc2)c1. The number of nitrogens with one attached hydrogen (secondary N) is 1. The summed E-state index contributed by atoms with van der Waals surface area (Å²) in [5.41, 5.74) is 0.766. The monoisotopic (exact) mass is 272 g/mol. The fourth-order valence-corrected chi connectivity index (χ4v) is 2.34. The van der Waals surface area contributed by atoms with Gasteiger partial charge in [0.25, 0.3) is 5.91 Å². The van der Waals surface area contributed by atoms with Crippen molar-refractivity contribution < 1.29 is 9.53 Å². The summed E-state index contributed by atoms with van der Waals surface area (Å²) in [5.74, 6) is 0.368. The van der Waals surface area contributed by atoms with Crippen LogP contribution in [-0.4, -0.2) is 13.0 Å². The largest absolute Gasteiger partial charge is 0.496 e. The molecule has 0 aliphatic heterocycles. The van der Waals surface area contributed by atoms with Gasteiger partial charge in [0.1, 0.15) is 11.8 Å². The van der Waals surface area contributed by atoms with Crippen molar-refractivity contribution in [2.45, 2.75) is 6.04 Å². The van der Waals surface area contributed by atoms with E-state index in [1.165, 1.54) is 11.3 Å². The van der Waals surface area contributed by atoms with E-state index in [2.05, 4.69) is 11.4 Å². The summed E-state index contributed by atoms with van der Waals surface area (Å²) in [5, 5.41) is 13.6. The minimum atomic E-state index is -0.651. The maximum absolute atomic E-state index is 12.0. The maximum atomic E-state index is 12.0. The van der Waals surface area contributed by atoms with Crippen LogP contribution in [0.5, 0.6) is 5.75 Å². The van der Waals surface area contributed by atoms with E-state index in [0.717, 1.165) is 5.56 Å². The number of hydrogen-bond acceptors (Lipinski definition) is 4. The number of benzene rings is 1. The molecule has 0 bridgehead atoms. The lowest BCUT2D eigenvalue weighted by molar-refractivity contribution is 0.0949. The molecular weight excluding hydrogens is 260 g/mol. The van der Waals surface area contributed by atoms with Crippen LogP contribution >= 0.6 is 11.3 Å². The smallest absolute Gasteiger partial charge is 0.262 e. The van der Waals surface area contributed by atoms with Crippen LogP contribution in [0.15, 0.2) is 41.8 Å². The molecule has 5 heteroatoms. The molecule has 1 atom stereocenters. The summed E-state index contributed by atoms with van der Waals surface area (Å²) in [7, 11) is 1.55. The Bertz CT molecular complexity index is 601. The highest BCUT2D eigenvalue weighted by molar-refractivity contribution is 7.12. The van der Waals surface area contributed by atoms with Crippen LogP contribution in [0.2, 0.25) is 0 Å². The van der Waals surface area contributed by atoms with Gasteiger partial charge in [0.15, 0.2) is 0 Å². The van der Waals surface area contributed by atoms with Crippen LogP contribution in [0.25, 0.3) is 0 Å². The molecule has 19 heavy (non-hydrogen) atoms. The molecule has 0 aliphatic rings. The van der Waals surface area contributed by atoms with Crippen molar-refractivity contribution in [2.75, 3.05) is 7.11 Å². The summed E-state index contributed by atoms with van der Waals surface area (Å²) in [6.07, 6.45) is 0. The number of hydrogen-bond donors (Lipinski definition) is 1. The van der Waals surface area contributed by atoms with Crippen molar-refractivity contribution >= 4 is 17.2 Å². The van der Waals surface area contributed by atoms with Crippen LogP contribution in [0, 0.1) is 11.3 Å². The first-order valence-corrected chi connectivity index (χ1v) is 6.50. The Balaban J connectivity index is 2.11. The predicted octanol–water partition coefficient (Wildman–Crippen LogP) is 2.75. The number of rotatable bonds is 4. The predicted molar refractivity (Wildman–Crippen MR) is 73.1 cm³/mol. The van der Waals surface area contributed by atoms with Gasteiger partial charge in [-0.15, -0.1) is 11.3 Å². The molecule has 0 spiro atoms. The maximum Gasteiger partial charge on any atom is 0.262 e. The van der Waals surface area contributed by atoms with Crippen LogP contribution in [0.3, 0.4) is 0 Å². The second-order valence-corrected chi connectivity index (χ2v) is 4.71. The van der Waals surface area contributed by atoms with Crippen LogP contribution in [0.4, 0.5) is 0 Å². The Morgan fingerprint density at radius 1 is 1.42 bits per heavy atom. The summed E-state index contributed by atoms with van der Waals surface area (Å²) in [6.45, 7) is 0. The normalized spacial score (nSPS) is 11.4. The molecule has 1 aromatic heterocycles. The molecule has 0 radical (unpaired) electrons. The van der Waals surface area contributed by atoms with Gasteiger partial charge in [0.05, 0.1) is 18.1 Å². The second kappa shape index (κ2) is 6.03. The van der Waals surface area contributed by atoms with E-state index < -0.39 is 6.04 Å². The first-order chi connectivity index (χ1) is 9.24. The van der Waals surface area contributed by atoms with Gasteiger partial charge >= 0.3 is 0 Å². The van der Waals surface area contributed by atoms with Gasteiger partial charge in [-0.3, -0.25) is 4.79 Å². The number of nitrogens with zero attached hydrogens (tertiary/aromatic N) is 1. The average molecular weight is 272 g/mol. The molecule has 2 aromatic rings. The van der Waals surface area contributed by atoms with E-state index in [1.807, 2.05) is 30.3 Å². The zero-order valence-corrected chi connectivity index (χ0v) is 11.1. The van der Waals surface area contributed by atoms with Gasteiger partial charge in [-0.25, -0.2) is 0 Å². The van der Waals surface area contributed by atoms with E-state index in [0.29, 0.717) is 10.6 Å². The zero-order chi connectivity index (χ0) is 13.7. The number of thiophene rings is 1. The minimum absolute atomic E-state index is 0.274. The number of methoxy groups -OCH3 is 1. The third-order valence-electron chi connectivity index (χ3n) is 2.57. The number of carbonyl (C=O) groups is 1. The molecule has 1 N–H and O–H groups in total. The van der Waals surface area contributed by atoms with Crippen LogP contribution < -0.4 is 10.1 Å². The number of amides is 1. The van der Waals surface area contributed by atoms with Gasteiger partial charge in [-0.1, -0.05) is 30.3 Å². The molecule has 96 valence electrons. The molecule has 1 aromatic carbocycles. The lowest BCUT2D eigenvalue weighted by Gasteiger charge is -2.10. The average Bonchev–Trinajstić information content (AvgIpc) is 2.94. The Morgan fingerprint density at radius 3 is 2.74 bits per heavy atom. The Hall–Kier alpha value is -2.32. The fraction of sp³-hybridized carbons (Fsp3) is 0.143. The third kappa shape index (κ3) is 3.12. The Labute approximate surface area is 115 Å². The molecule has 1 unspecified atom stereocenters. The summed E-state index contributed by atoms with van der Waals surface area (Å²) in [6, 6.07) is 12.2. The van der Waals surface area contributed by atoms with Crippen molar-refractivity contribution in [2.24, 2.45) is 0 Å². The highest BCUT2D eigenvalue weighted by atomic mass is 32.1. The third-order valence-corrected chi connectivity index (χ3v) is 3.48. The van der Waals surface area contributed by atoms with Crippen molar-refractivity contribution in [1.82, 2.24) is 5.32 Å². The number of ether oxygens (including phenoxy) is 1. The van der Waals surface area contributed by atoms with E-state index in [-0.39, 0.29) is 5.91 Å². The van der Waals surface area contributed by atoms with Gasteiger partial charge in [-0.05, 0) is 5.56 Å². The van der Waals surface area contributed by atoms with E-state index in [4.69, 9.17) is 10.00 Å². The molecule has 0 aliphatic carbocycles. The molecular formula is C14H12N2O2S. The number of nitriles is 1. The van der Waals surface area contributed by atoms with Gasteiger partial charge in [0.2, 0.25) is 0 Å². The molecule has 0 saturated carbocycles. The molecule has 2 rings (SSSR count). The van der Waals surface area contributed by atoms with E-state index in [9.17, 15) is 4.79 Å². The highest BCUT2D eigenvalue weighted by Gasteiger charge is 2.16. The highest BCUT2D eigenvalue weighted by Crippen LogP contribution is 2.22. The topological polar surface area (TPSA) is 62.1 Å². The van der Waals surface area contributed by atoms with Crippen LogP contribution in [-0.2, 0) is 0 Å². The molecule has 0 saturated heterocycles. The van der Waals surface area contributed by atoms with Crippen molar-refractivity contribution in [3.05, 3.63) is 52.2 Å². The van der Waals surface area contributed by atoms with Crippen molar-refractivity contribution in [3.63, 3.8) is 0 Å². The quantitative estimate of drug-likeness (QED) is 0.930.